The summed E-state index contributed by atoms with van der Waals surface area (Å²) >= 11 is 16.1. The van der Waals surface area contributed by atoms with Crippen molar-refractivity contribution in [2.45, 2.75) is 52.2 Å². The van der Waals surface area contributed by atoms with Crippen LogP contribution in [0, 0.1) is 0 Å². The second kappa shape index (κ2) is 12.3. The van der Waals surface area contributed by atoms with Crippen LogP contribution in [0.1, 0.15) is 39.2 Å². The molecular formula is C23H27BrCl2N2O3. The molecule has 2 aromatic carbocycles. The molecule has 1 N–H and O–H groups in total. The van der Waals surface area contributed by atoms with Gasteiger partial charge in [0.1, 0.15) is 11.8 Å². The minimum absolute atomic E-state index is 0.00131. The normalized spacial score (nSPS) is 12.7. The average Bonchev–Trinajstić information content (AvgIpc) is 2.74. The molecular weight excluding hydrogens is 503 g/mol. The van der Waals surface area contributed by atoms with Crippen LogP contribution in [-0.2, 0) is 16.1 Å². The molecule has 2 unspecified atom stereocenters. The van der Waals surface area contributed by atoms with Crippen LogP contribution in [0.5, 0.6) is 5.75 Å². The Morgan fingerprint density at radius 2 is 1.68 bits per heavy atom. The summed E-state index contributed by atoms with van der Waals surface area (Å²) in [4.78, 5) is 27.6. The minimum Gasteiger partial charge on any atom is -0.484 e. The third kappa shape index (κ3) is 7.41. The molecule has 0 spiro atoms. The molecule has 0 aromatic heterocycles. The van der Waals surface area contributed by atoms with Crippen LogP contribution in [-0.4, -0.2) is 35.4 Å². The highest BCUT2D eigenvalue weighted by molar-refractivity contribution is 9.10. The zero-order valence-electron chi connectivity index (χ0n) is 17.8. The lowest BCUT2D eigenvalue weighted by Crippen LogP contribution is -2.51. The first-order valence-corrected chi connectivity index (χ1v) is 11.7. The largest absolute Gasteiger partial charge is 0.484 e. The zero-order valence-corrected chi connectivity index (χ0v) is 20.9. The van der Waals surface area contributed by atoms with Crippen LogP contribution in [0.25, 0.3) is 0 Å². The Kier molecular flexibility index (Phi) is 10.1. The fourth-order valence-corrected chi connectivity index (χ4v) is 3.75. The molecule has 0 bridgehead atoms. The second-order valence-corrected chi connectivity index (χ2v) is 8.94. The van der Waals surface area contributed by atoms with Gasteiger partial charge in [-0.15, -0.1) is 0 Å². The van der Waals surface area contributed by atoms with Gasteiger partial charge in [0.2, 0.25) is 5.91 Å². The molecule has 2 amide bonds. The summed E-state index contributed by atoms with van der Waals surface area (Å²) in [5.41, 5.74) is 0.595. The van der Waals surface area contributed by atoms with Crippen LogP contribution in [0.3, 0.4) is 0 Å². The predicted octanol–water partition coefficient (Wildman–Crippen LogP) is 5.86. The van der Waals surface area contributed by atoms with Gasteiger partial charge in [0.15, 0.2) is 6.61 Å². The quantitative estimate of drug-likeness (QED) is 0.419. The molecule has 8 heteroatoms. The molecule has 0 fully saturated rings. The van der Waals surface area contributed by atoms with E-state index in [0.29, 0.717) is 27.8 Å². The van der Waals surface area contributed by atoms with Crippen molar-refractivity contribution in [1.29, 1.82) is 0 Å². The fourth-order valence-electron chi connectivity index (χ4n) is 2.97. The first-order valence-electron chi connectivity index (χ1n) is 10.2. The van der Waals surface area contributed by atoms with E-state index in [1.807, 2.05) is 32.9 Å². The van der Waals surface area contributed by atoms with Gasteiger partial charge in [0, 0.05) is 32.7 Å². The third-order valence-electron chi connectivity index (χ3n) is 4.95. The lowest BCUT2D eigenvalue weighted by Gasteiger charge is -2.31. The number of benzene rings is 2. The lowest BCUT2D eigenvalue weighted by atomic mass is 10.1. The molecule has 5 nitrogen and oxygen atoms in total. The molecule has 0 radical (unpaired) electrons. The summed E-state index contributed by atoms with van der Waals surface area (Å²) < 4.78 is 6.58. The van der Waals surface area contributed by atoms with E-state index in [-0.39, 0.29) is 31.0 Å². The summed E-state index contributed by atoms with van der Waals surface area (Å²) in [6.45, 7) is 5.68. The summed E-state index contributed by atoms with van der Waals surface area (Å²) in [7, 11) is 0. The Bertz CT molecular complexity index is 873. The van der Waals surface area contributed by atoms with Crippen molar-refractivity contribution >= 4 is 50.9 Å². The van der Waals surface area contributed by atoms with E-state index in [2.05, 4.69) is 21.2 Å². The maximum Gasteiger partial charge on any atom is 0.261 e. The van der Waals surface area contributed by atoms with E-state index in [1.165, 1.54) is 4.90 Å². The maximum absolute atomic E-state index is 13.2. The molecule has 0 heterocycles. The Labute approximate surface area is 202 Å². The third-order valence-corrected chi connectivity index (χ3v) is 6.19. The molecule has 0 saturated heterocycles. The second-order valence-electron chi connectivity index (χ2n) is 7.21. The molecule has 0 saturated carbocycles. The van der Waals surface area contributed by atoms with Crippen molar-refractivity contribution in [3.8, 4) is 5.75 Å². The number of rotatable bonds is 10. The first kappa shape index (κ1) is 25.5. The Hall–Kier alpha value is -1.76. The predicted molar refractivity (Wildman–Crippen MR) is 129 cm³/mol. The van der Waals surface area contributed by atoms with Crippen LogP contribution < -0.4 is 10.1 Å². The van der Waals surface area contributed by atoms with Crippen molar-refractivity contribution in [3.05, 3.63) is 62.5 Å². The van der Waals surface area contributed by atoms with Crippen LogP contribution in [0.4, 0.5) is 0 Å². The van der Waals surface area contributed by atoms with Crippen LogP contribution in [0.2, 0.25) is 10.0 Å². The molecule has 0 aliphatic rings. The Morgan fingerprint density at radius 1 is 1.06 bits per heavy atom. The monoisotopic (exact) mass is 528 g/mol. The highest BCUT2D eigenvalue weighted by Crippen LogP contribution is 2.27. The van der Waals surface area contributed by atoms with Crippen molar-refractivity contribution in [2.24, 2.45) is 0 Å². The van der Waals surface area contributed by atoms with E-state index < -0.39 is 6.04 Å². The zero-order chi connectivity index (χ0) is 23.0. The van der Waals surface area contributed by atoms with Gasteiger partial charge in [0.25, 0.3) is 5.91 Å². The van der Waals surface area contributed by atoms with Gasteiger partial charge in [-0.2, -0.15) is 0 Å². The molecule has 168 valence electrons. The minimum atomic E-state index is -0.678. The average molecular weight is 530 g/mol. The van der Waals surface area contributed by atoms with Gasteiger partial charge in [-0.3, -0.25) is 9.59 Å². The number of hydrogen-bond acceptors (Lipinski definition) is 3. The Morgan fingerprint density at radius 3 is 2.23 bits per heavy atom. The standard InChI is InChI=1S/C23H27BrCl2N2O3/c1-4-15(3)27-23(30)21(5-2)28(13-18-19(25)7-6-8-20(18)26)22(29)14-31-17-11-9-16(24)10-12-17/h6-12,15,21H,4-5,13-14H2,1-3H3,(H,27,30). The molecule has 31 heavy (non-hydrogen) atoms. The number of nitrogens with one attached hydrogen (secondary N) is 1. The van der Waals surface area contributed by atoms with Crippen molar-refractivity contribution < 1.29 is 14.3 Å². The van der Waals surface area contributed by atoms with Gasteiger partial charge in [-0.05, 0) is 56.2 Å². The van der Waals surface area contributed by atoms with Gasteiger partial charge < -0.3 is 15.0 Å². The van der Waals surface area contributed by atoms with Gasteiger partial charge in [-0.25, -0.2) is 0 Å². The van der Waals surface area contributed by atoms with Crippen molar-refractivity contribution in [1.82, 2.24) is 10.2 Å². The van der Waals surface area contributed by atoms with E-state index in [1.54, 1.807) is 30.3 Å². The highest BCUT2D eigenvalue weighted by atomic mass is 79.9. The lowest BCUT2D eigenvalue weighted by molar-refractivity contribution is -0.143. The molecule has 2 atom stereocenters. The fraction of sp³-hybridized carbons (Fsp3) is 0.391. The van der Waals surface area contributed by atoms with Crippen molar-refractivity contribution in [3.63, 3.8) is 0 Å². The number of ether oxygens (including phenoxy) is 1. The summed E-state index contributed by atoms with van der Waals surface area (Å²) in [5, 5.41) is 3.85. The maximum atomic E-state index is 13.2. The summed E-state index contributed by atoms with van der Waals surface area (Å²) in [5.74, 6) is 0.0199. The molecule has 2 aromatic rings. The molecule has 0 aliphatic heterocycles. The number of carbonyl (C=O) groups excluding carboxylic acids is 2. The van der Waals surface area contributed by atoms with E-state index >= 15 is 0 Å². The van der Waals surface area contributed by atoms with E-state index in [4.69, 9.17) is 27.9 Å². The number of nitrogens with zero attached hydrogens (tertiary/aromatic N) is 1. The number of amides is 2. The summed E-state index contributed by atoms with van der Waals surface area (Å²) in [6.07, 6.45) is 1.23. The Balaban J connectivity index is 2.27. The van der Waals surface area contributed by atoms with Gasteiger partial charge in [-0.1, -0.05) is 59.0 Å². The number of hydrogen-bond donors (Lipinski definition) is 1. The molecule has 2 rings (SSSR count). The summed E-state index contributed by atoms with van der Waals surface area (Å²) in [6, 6.07) is 11.7. The first-order chi connectivity index (χ1) is 14.8. The number of halogens is 3. The van der Waals surface area contributed by atoms with Gasteiger partial charge >= 0.3 is 0 Å². The van der Waals surface area contributed by atoms with Crippen LogP contribution >= 0.6 is 39.1 Å². The van der Waals surface area contributed by atoms with E-state index in [0.717, 1.165) is 10.9 Å². The molecule has 0 aliphatic carbocycles. The number of carbonyl (C=O) groups is 2. The SMILES string of the molecule is CCC(C)NC(=O)C(CC)N(Cc1c(Cl)cccc1Cl)C(=O)COc1ccc(Br)cc1. The van der Waals surface area contributed by atoms with E-state index in [9.17, 15) is 9.59 Å². The van der Waals surface area contributed by atoms with Crippen LogP contribution in [0.15, 0.2) is 46.9 Å². The smallest absolute Gasteiger partial charge is 0.261 e. The van der Waals surface area contributed by atoms with Gasteiger partial charge in [0.05, 0.1) is 0 Å². The highest BCUT2D eigenvalue weighted by Gasteiger charge is 2.30. The van der Waals surface area contributed by atoms with Crippen molar-refractivity contribution in [2.75, 3.05) is 6.61 Å². The topological polar surface area (TPSA) is 58.6 Å².